The summed E-state index contributed by atoms with van der Waals surface area (Å²) >= 11 is 11.9. The zero-order valence-electron chi connectivity index (χ0n) is 9.30. The SMILES string of the molecule is CC(CS(C)=O)NCc1cc(Cl)ccc1Cl. The number of nitrogens with one attached hydrogen (secondary N) is 1. The molecule has 1 N–H and O–H groups in total. The topological polar surface area (TPSA) is 29.1 Å². The Morgan fingerprint density at radius 3 is 2.75 bits per heavy atom. The van der Waals surface area contributed by atoms with E-state index in [2.05, 4.69) is 5.32 Å². The Bertz CT molecular complexity index is 384. The first-order valence-corrected chi connectivity index (χ1v) is 7.44. The molecule has 2 nitrogen and oxygen atoms in total. The van der Waals surface area contributed by atoms with Crippen LogP contribution in [0.5, 0.6) is 0 Å². The van der Waals surface area contributed by atoms with Crippen LogP contribution in [0.3, 0.4) is 0 Å². The van der Waals surface area contributed by atoms with E-state index >= 15 is 0 Å². The molecule has 2 atom stereocenters. The van der Waals surface area contributed by atoms with Crippen molar-refractivity contribution in [2.75, 3.05) is 12.0 Å². The lowest BCUT2D eigenvalue weighted by molar-refractivity contribution is 0.587. The maximum atomic E-state index is 11.0. The van der Waals surface area contributed by atoms with Crippen molar-refractivity contribution in [3.63, 3.8) is 0 Å². The van der Waals surface area contributed by atoms with Crippen molar-refractivity contribution in [2.24, 2.45) is 0 Å². The molecule has 0 heterocycles. The molecule has 0 saturated carbocycles. The van der Waals surface area contributed by atoms with Crippen molar-refractivity contribution in [3.8, 4) is 0 Å². The van der Waals surface area contributed by atoms with Crippen LogP contribution in [-0.2, 0) is 17.3 Å². The van der Waals surface area contributed by atoms with Gasteiger partial charge < -0.3 is 5.32 Å². The van der Waals surface area contributed by atoms with Gasteiger partial charge in [0, 0.05) is 45.4 Å². The van der Waals surface area contributed by atoms with Crippen LogP contribution >= 0.6 is 23.2 Å². The summed E-state index contributed by atoms with van der Waals surface area (Å²) in [6.45, 7) is 2.64. The van der Waals surface area contributed by atoms with Gasteiger partial charge in [-0.3, -0.25) is 4.21 Å². The van der Waals surface area contributed by atoms with E-state index in [1.807, 2.05) is 13.0 Å². The highest BCUT2D eigenvalue weighted by Crippen LogP contribution is 2.20. The molecule has 1 aromatic carbocycles. The fraction of sp³-hybridized carbons (Fsp3) is 0.455. The van der Waals surface area contributed by atoms with Crippen molar-refractivity contribution in [2.45, 2.75) is 19.5 Å². The van der Waals surface area contributed by atoms with Crippen molar-refractivity contribution in [1.29, 1.82) is 0 Å². The molecule has 0 bridgehead atoms. The third kappa shape index (κ3) is 4.83. The summed E-state index contributed by atoms with van der Waals surface area (Å²) in [4.78, 5) is 0. The first-order valence-electron chi connectivity index (χ1n) is 4.96. The van der Waals surface area contributed by atoms with E-state index in [0.717, 1.165) is 5.56 Å². The Labute approximate surface area is 109 Å². The predicted octanol–water partition coefficient (Wildman–Crippen LogP) is 2.85. The molecule has 0 aromatic heterocycles. The van der Waals surface area contributed by atoms with Gasteiger partial charge in [0.2, 0.25) is 0 Å². The predicted molar refractivity (Wildman–Crippen MR) is 71.7 cm³/mol. The molecule has 1 aromatic rings. The standard InChI is InChI=1S/C11H15Cl2NOS/c1-8(7-16(2)15)14-6-9-5-10(12)3-4-11(9)13/h3-5,8,14H,6-7H2,1-2H3. The third-order valence-electron chi connectivity index (χ3n) is 2.13. The molecule has 2 unspecified atom stereocenters. The smallest absolute Gasteiger partial charge is 0.0451 e. The number of hydrogen-bond acceptors (Lipinski definition) is 2. The average molecular weight is 280 g/mol. The largest absolute Gasteiger partial charge is 0.309 e. The van der Waals surface area contributed by atoms with Crippen LogP contribution in [0.2, 0.25) is 10.0 Å². The number of hydrogen-bond donors (Lipinski definition) is 1. The van der Waals surface area contributed by atoms with E-state index in [1.54, 1.807) is 18.4 Å². The number of benzene rings is 1. The van der Waals surface area contributed by atoms with Gasteiger partial charge in [0.05, 0.1) is 0 Å². The van der Waals surface area contributed by atoms with E-state index in [-0.39, 0.29) is 6.04 Å². The maximum Gasteiger partial charge on any atom is 0.0451 e. The summed E-state index contributed by atoms with van der Waals surface area (Å²) < 4.78 is 11.0. The molecule has 0 aliphatic heterocycles. The monoisotopic (exact) mass is 279 g/mol. The van der Waals surface area contributed by atoms with Crippen molar-refractivity contribution >= 4 is 34.0 Å². The molecule has 90 valence electrons. The van der Waals surface area contributed by atoms with E-state index in [1.165, 1.54) is 0 Å². The number of rotatable bonds is 5. The second kappa shape index (κ2) is 6.60. The number of halogens is 2. The van der Waals surface area contributed by atoms with Gasteiger partial charge in [-0.25, -0.2) is 0 Å². The second-order valence-corrected chi connectivity index (χ2v) is 6.08. The summed E-state index contributed by atoms with van der Waals surface area (Å²) in [6.07, 6.45) is 1.70. The molecule has 0 amide bonds. The fourth-order valence-electron chi connectivity index (χ4n) is 1.37. The molecule has 5 heteroatoms. The molecule has 0 saturated heterocycles. The van der Waals surface area contributed by atoms with Crippen LogP contribution < -0.4 is 5.32 Å². The van der Waals surface area contributed by atoms with Gasteiger partial charge in [-0.05, 0) is 30.7 Å². The Hall–Kier alpha value is -0.0900. The van der Waals surface area contributed by atoms with Crippen molar-refractivity contribution in [1.82, 2.24) is 5.32 Å². The Balaban J connectivity index is 2.54. The first kappa shape index (κ1) is 14.0. The van der Waals surface area contributed by atoms with Crippen molar-refractivity contribution in [3.05, 3.63) is 33.8 Å². The lowest BCUT2D eigenvalue weighted by atomic mass is 10.2. The highest BCUT2D eigenvalue weighted by atomic mass is 35.5. The van der Waals surface area contributed by atoms with Crippen LogP contribution in [0, 0.1) is 0 Å². The zero-order valence-corrected chi connectivity index (χ0v) is 11.6. The Morgan fingerprint density at radius 1 is 1.44 bits per heavy atom. The molecule has 0 radical (unpaired) electrons. The molecule has 0 spiro atoms. The first-order chi connectivity index (χ1) is 7.49. The molecular formula is C11H15Cl2NOS. The summed E-state index contributed by atoms with van der Waals surface area (Å²) in [5.74, 6) is 0.637. The van der Waals surface area contributed by atoms with Gasteiger partial charge in [-0.15, -0.1) is 0 Å². The lowest BCUT2D eigenvalue weighted by Crippen LogP contribution is -2.30. The Kier molecular flexibility index (Phi) is 5.76. The summed E-state index contributed by atoms with van der Waals surface area (Å²) in [5, 5.41) is 4.63. The van der Waals surface area contributed by atoms with Gasteiger partial charge in [0.25, 0.3) is 0 Å². The maximum absolute atomic E-state index is 11.0. The van der Waals surface area contributed by atoms with E-state index in [9.17, 15) is 4.21 Å². The normalized spacial score (nSPS) is 14.8. The van der Waals surface area contributed by atoms with E-state index < -0.39 is 10.8 Å². The minimum absolute atomic E-state index is 0.195. The second-order valence-electron chi connectivity index (χ2n) is 3.76. The van der Waals surface area contributed by atoms with Gasteiger partial charge in [0.15, 0.2) is 0 Å². The van der Waals surface area contributed by atoms with Crippen LogP contribution in [0.15, 0.2) is 18.2 Å². The van der Waals surface area contributed by atoms with Crippen LogP contribution in [-0.4, -0.2) is 22.3 Å². The summed E-state index contributed by atoms with van der Waals surface area (Å²) in [5.41, 5.74) is 0.961. The Morgan fingerprint density at radius 2 is 2.12 bits per heavy atom. The minimum atomic E-state index is -0.785. The van der Waals surface area contributed by atoms with E-state index in [0.29, 0.717) is 22.3 Å². The molecule has 16 heavy (non-hydrogen) atoms. The summed E-state index contributed by atoms with van der Waals surface area (Å²) in [6, 6.07) is 5.58. The summed E-state index contributed by atoms with van der Waals surface area (Å²) in [7, 11) is -0.785. The fourth-order valence-corrected chi connectivity index (χ4v) is 2.57. The average Bonchev–Trinajstić information content (AvgIpc) is 2.18. The minimum Gasteiger partial charge on any atom is -0.309 e. The van der Waals surface area contributed by atoms with Crippen LogP contribution in [0.1, 0.15) is 12.5 Å². The van der Waals surface area contributed by atoms with Gasteiger partial charge in [0.1, 0.15) is 0 Å². The highest BCUT2D eigenvalue weighted by Gasteiger charge is 2.06. The lowest BCUT2D eigenvalue weighted by Gasteiger charge is -2.13. The highest BCUT2D eigenvalue weighted by molar-refractivity contribution is 7.84. The third-order valence-corrected chi connectivity index (χ3v) is 3.71. The molecule has 1 rings (SSSR count). The quantitative estimate of drug-likeness (QED) is 0.898. The molecule has 0 aliphatic carbocycles. The zero-order chi connectivity index (χ0) is 12.1. The van der Waals surface area contributed by atoms with Crippen molar-refractivity contribution < 1.29 is 4.21 Å². The van der Waals surface area contributed by atoms with Gasteiger partial charge in [-0.2, -0.15) is 0 Å². The molecule has 0 fully saturated rings. The van der Waals surface area contributed by atoms with Crippen LogP contribution in [0.25, 0.3) is 0 Å². The molecular weight excluding hydrogens is 265 g/mol. The van der Waals surface area contributed by atoms with E-state index in [4.69, 9.17) is 23.2 Å². The van der Waals surface area contributed by atoms with Crippen LogP contribution in [0.4, 0.5) is 0 Å². The molecule has 0 aliphatic rings. The van der Waals surface area contributed by atoms with Gasteiger partial charge >= 0.3 is 0 Å². The van der Waals surface area contributed by atoms with Gasteiger partial charge in [-0.1, -0.05) is 23.2 Å².